The van der Waals surface area contributed by atoms with Crippen molar-refractivity contribution < 1.29 is 9.47 Å². The Hall–Kier alpha value is -2.16. The Bertz CT molecular complexity index is 711. The Morgan fingerprint density at radius 2 is 1.73 bits per heavy atom. The Labute approximate surface area is 131 Å². The van der Waals surface area contributed by atoms with E-state index in [0.29, 0.717) is 6.04 Å². The molecule has 0 unspecified atom stereocenters. The van der Waals surface area contributed by atoms with Crippen molar-refractivity contribution in [3.8, 4) is 11.5 Å². The number of methoxy groups -OCH3 is 2. The van der Waals surface area contributed by atoms with Gasteiger partial charge in [-0.1, -0.05) is 18.2 Å². The number of nitrogens with zero attached hydrogens (tertiary/aromatic N) is 1. The number of ether oxygens (including phenoxy) is 2. The summed E-state index contributed by atoms with van der Waals surface area (Å²) in [5, 5.41) is 0. The second-order valence-electron chi connectivity index (χ2n) is 6.03. The molecule has 22 heavy (non-hydrogen) atoms. The zero-order chi connectivity index (χ0) is 15.1. The van der Waals surface area contributed by atoms with E-state index < -0.39 is 0 Å². The van der Waals surface area contributed by atoms with Crippen LogP contribution in [0.3, 0.4) is 0 Å². The van der Waals surface area contributed by atoms with Crippen LogP contribution < -0.4 is 14.4 Å². The van der Waals surface area contributed by atoms with Gasteiger partial charge in [0.25, 0.3) is 0 Å². The second-order valence-corrected chi connectivity index (χ2v) is 6.03. The lowest BCUT2D eigenvalue weighted by molar-refractivity contribution is 0.352. The van der Waals surface area contributed by atoms with Gasteiger partial charge in [0.1, 0.15) is 0 Å². The van der Waals surface area contributed by atoms with Crippen LogP contribution in [0.4, 0.5) is 5.69 Å². The first kappa shape index (κ1) is 13.5. The summed E-state index contributed by atoms with van der Waals surface area (Å²) in [7, 11) is 3.41. The number of fused-ring (bicyclic) bond motifs is 5. The largest absolute Gasteiger partial charge is 0.493 e. The van der Waals surface area contributed by atoms with Gasteiger partial charge in [0.05, 0.1) is 20.3 Å². The summed E-state index contributed by atoms with van der Waals surface area (Å²) in [4.78, 5) is 2.56. The van der Waals surface area contributed by atoms with Gasteiger partial charge in [-0.2, -0.15) is 0 Å². The van der Waals surface area contributed by atoms with Crippen LogP contribution in [0.15, 0.2) is 36.4 Å². The zero-order valence-corrected chi connectivity index (χ0v) is 13.1. The minimum absolute atomic E-state index is 0.457. The number of anilines is 1. The molecule has 0 saturated carbocycles. The fourth-order valence-corrected chi connectivity index (χ4v) is 3.92. The summed E-state index contributed by atoms with van der Waals surface area (Å²) in [5.41, 5.74) is 5.68. The smallest absolute Gasteiger partial charge is 0.161 e. The third-order valence-corrected chi connectivity index (χ3v) is 4.99. The number of para-hydroxylation sites is 1. The van der Waals surface area contributed by atoms with Crippen molar-refractivity contribution in [1.29, 1.82) is 0 Å². The van der Waals surface area contributed by atoms with E-state index in [4.69, 9.17) is 9.47 Å². The highest BCUT2D eigenvalue weighted by atomic mass is 16.5. The van der Waals surface area contributed by atoms with E-state index in [1.807, 2.05) is 0 Å². The van der Waals surface area contributed by atoms with Crippen LogP contribution in [0.5, 0.6) is 11.5 Å². The molecule has 4 rings (SSSR count). The molecule has 114 valence electrons. The minimum Gasteiger partial charge on any atom is -0.493 e. The van der Waals surface area contributed by atoms with Crippen LogP contribution in [0.25, 0.3) is 0 Å². The molecule has 2 heterocycles. The average molecular weight is 295 g/mol. The van der Waals surface area contributed by atoms with E-state index in [9.17, 15) is 0 Å². The number of hydrogen-bond acceptors (Lipinski definition) is 3. The lowest BCUT2D eigenvalue weighted by Crippen LogP contribution is -2.38. The summed E-state index contributed by atoms with van der Waals surface area (Å²) in [5.74, 6) is 1.67. The monoisotopic (exact) mass is 295 g/mol. The number of hydrogen-bond donors (Lipinski definition) is 0. The maximum absolute atomic E-state index is 5.51. The van der Waals surface area contributed by atoms with Crippen molar-refractivity contribution in [2.24, 2.45) is 0 Å². The number of aryl methyl sites for hydroxylation is 1. The van der Waals surface area contributed by atoms with E-state index in [-0.39, 0.29) is 0 Å². The highest BCUT2D eigenvalue weighted by molar-refractivity contribution is 5.61. The van der Waals surface area contributed by atoms with E-state index in [1.54, 1.807) is 14.2 Å². The zero-order valence-electron chi connectivity index (χ0n) is 13.1. The van der Waals surface area contributed by atoms with Gasteiger partial charge in [0.2, 0.25) is 0 Å². The topological polar surface area (TPSA) is 21.7 Å². The molecule has 0 N–H and O–H groups in total. The van der Waals surface area contributed by atoms with Crippen LogP contribution in [0.2, 0.25) is 0 Å². The van der Waals surface area contributed by atoms with Gasteiger partial charge in [-0.25, -0.2) is 0 Å². The number of benzene rings is 2. The first-order valence-corrected chi connectivity index (χ1v) is 7.91. The van der Waals surface area contributed by atoms with Gasteiger partial charge in [0, 0.05) is 12.2 Å². The Morgan fingerprint density at radius 1 is 0.955 bits per heavy atom. The summed E-state index contributed by atoms with van der Waals surface area (Å²) in [6.07, 6.45) is 3.37. The lowest BCUT2D eigenvalue weighted by Gasteiger charge is -2.43. The van der Waals surface area contributed by atoms with Crippen LogP contribution in [-0.4, -0.2) is 20.8 Å². The maximum Gasteiger partial charge on any atom is 0.161 e. The minimum atomic E-state index is 0.457. The van der Waals surface area contributed by atoms with Crippen LogP contribution in [0.1, 0.15) is 29.2 Å². The van der Waals surface area contributed by atoms with Crippen molar-refractivity contribution in [3.05, 3.63) is 53.1 Å². The van der Waals surface area contributed by atoms with E-state index in [2.05, 4.69) is 41.3 Å². The molecule has 0 bridgehead atoms. The predicted molar refractivity (Wildman–Crippen MR) is 88.1 cm³/mol. The van der Waals surface area contributed by atoms with Gasteiger partial charge in [-0.15, -0.1) is 0 Å². The molecule has 3 nitrogen and oxygen atoms in total. The van der Waals surface area contributed by atoms with Gasteiger partial charge >= 0.3 is 0 Å². The van der Waals surface area contributed by atoms with Gasteiger partial charge < -0.3 is 14.4 Å². The quantitative estimate of drug-likeness (QED) is 0.842. The molecule has 0 fully saturated rings. The number of rotatable bonds is 2. The van der Waals surface area contributed by atoms with Crippen molar-refractivity contribution in [1.82, 2.24) is 0 Å². The molecule has 0 aliphatic carbocycles. The summed E-state index contributed by atoms with van der Waals surface area (Å²) >= 11 is 0. The molecule has 2 aromatic carbocycles. The van der Waals surface area contributed by atoms with Crippen LogP contribution in [-0.2, 0) is 12.8 Å². The van der Waals surface area contributed by atoms with Crippen molar-refractivity contribution in [3.63, 3.8) is 0 Å². The van der Waals surface area contributed by atoms with Gasteiger partial charge in [-0.05, 0) is 54.2 Å². The normalized spacial score (nSPS) is 19.0. The van der Waals surface area contributed by atoms with E-state index in [0.717, 1.165) is 30.9 Å². The molecule has 0 spiro atoms. The summed E-state index contributed by atoms with van der Waals surface area (Å²) < 4.78 is 11.0. The Kier molecular flexibility index (Phi) is 3.21. The average Bonchev–Trinajstić information content (AvgIpc) is 2.59. The molecule has 0 amide bonds. The first-order valence-electron chi connectivity index (χ1n) is 7.91. The molecular weight excluding hydrogens is 274 g/mol. The fourth-order valence-electron chi connectivity index (χ4n) is 3.92. The molecule has 3 heteroatoms. The molecule has 1 atom stereocenters. The summed E-state index contributed by atoms with van der Waals surface area (Å²) in [6, 6.07) is 13.6. The molecule has 0 radical (unpaired) electrons. The molecule has 2 aromatic rings. The van der Waals surface area contributed by atoms with E-state index in [1.165, 1.54) is 28.8 Å². The van der Waals surface area contributed by atoms with E-state index >= 15 is 0 Å². The fraction of sp³-hybridized carbons (Fsp3) is 0.368. The van der Waals surface area contributed by atoms with Crippen molar-refractivity contribution in [2.45, 2.75) is 25.3 Å². The van der Waals surface area contributed by atoms with Crippen LogP contribution >= 0.6 is 0 Å². The molecule has 2 aliphatic rings. The van der Waals surface area contributed by atoms with Crippen molar-refractivity contribution in [2.75, 3.05) is 25.7 Å². The molecular formula is C19H21NO2. The van der Waals surface area contributed by atoms with Gasteiger partial charge in [0.15, 0.2) is 11.5 Å². The predicted octanol–water partition coefficient (Wildman–Crippen LogP) is 3.75. The first-order chi connectivity index (χ1) is 10.8. The van der Waals surface area contributed by atoms with Crippen LogP contribution in [0, 0.1) is 0 Å². The third kappa shape index (κ3) is 1.96. The third-order valence-electron chi connectivity index (χ3n) is 4.99. The molecule has 0 aromatic heterocycles. The highest BCUT2D eigenvalue weighted by Gasteiger charge is 2.32. The maximum atomic E-state index is 5.51. The second kappa shape index (κ2) is 5.24. The van der Waals surface area contributed by atoms with Gasteiger partial charge in [-0.3, -0.25) is 0 Å². The summed E-state index contributed by atoms with van der Waals surface area (Å²) in [6.45, 7) is 1.07. The Morgan fingerprint density at radius 3 is 2.55 bits per heavy atom. The molecule has 0 saturated heterocycles. The highest BCUT2D eigenvalue weighted by Crippen LogP contribution is 2.45. The SMILES string of the molecule is COc1cc2c(cc1OC)[C@H]1CCc3ccccc3N1CC2. The Balaban J connectivity index is 1.79. The van der Waals surface area contributed by atoms with Crippen molar-refractivity contribution >= 4 is 5.69 Å². The molecule has 2 aliphatic heterocycles. The lowest BCUT2D eigenvalue weighted by atomic mass is 9.84. The standard InChI is InChI=1S/C19H21NO2/c1-21-18-11-14-9-10-20-16-6-4-3-5-13(16)7-8-17(20)15(14)12-19(18)22-2/h3-6,11-12,17H,7-10H2,1-2H3/t17-/m1/s1.